The van der Waals surface area contributed by atoms with Gasteiger partial charge >= 0.3 is 0 Å². The summed E-state index contributed by atoms with van der Waals surface area (Å²) in [6.07, 6.45) is 6.65. The Kier molecular flexibility index (Phi) is 6.33. The van der Waals surface area contributed by atoms with Gasteiger partial charge in [0.1, 0.15) is 11.6 Å². The number of hydrogen-bond acceptors (Lipinski definition) is 5. The molecule has 0 spiro atoms. The van der Waals surface area contributed by atoms with Crippen molar-refractivity contribution in [3.8, 4) is 5.75 Å². The smallest absolute Gasteiger partial charge is 0.224 e. The van der Waals surface area contributed by atoms with E-state index in [4.69, 9.17) is 4.74 Å². The molecule has 7 nitrogen and oxygen atoms in total. The van der Waals surface area contributed by atoms with Crippen molar-refractivity contribution in [2.24, 2.45) is 5.92 Å². The lowest BCUT2D eigenvalue weighted by molar-refractivity contribution is 0.271. The SMILES string of the molecule is CC(C)COc1ccc2[nH]cc(CCNc3nccc(NCc4ccc5[nH]ccc5c4)n3)c2c1. The zero-order valence-electron chi connectivity index (χ0n) is 19.6. The Bertz CT molecular complexity index is 1390. The molecule has 3 aromatic heterocycles. The van der Waals surface area contributed by atoms with Crippen LogP contribution in [-0.4, -0.2) is 33.1 Å². The molecule has 2 aromatic carbocycles. The predicted molar refractivity (Wildman–Crippen MR) is 138 cm³/mol. The minimum Gasteiger partial charge on any atom is -0.493 e. The van der Waals surface area contributed by atoms with Crippen molar-refractivity contribution in [1.29, 1.82) is 0 Å². The molecule has 0 saturated heterocycles. The normalized spacial score (nSPS) is 11.4. The molecule has 0 atom stereocenters. The van der Waals surface area contributed by atoms with Crippen LogP contribution in [0.4, 0.5) is 11.8 Å². The van der Waals surface area contributed by atoms with Crippen molar-refractivity contribution in [2.75, 3.05) is 23.8 Å². The Hall–Kier alpha value is -4.00. The van der Waals surface area contributed by atoms with E-state index in [-0.39, 0.29) is 0 Å². The van der Waals surface area contributed by atoms with Crippen LogP contribution in [0.1, 0.15) is 25.0 Å². The average molecular weight is 455 g/mol. The summed E-state index contributed by atoms with van der Waals surface area (Å²) in [5.41, 5.74) is 4.71. The first-order chi connectivity index (χ1) is 16.6. The number of aromatic amines is 2. The van der Waals surface area contributed by atoms with Crippen molar-refractivity contribution in [3.05, 3.63) is 78.2 Å². The number of nitrogens with zero attached hydrogens (tertiary/aromatic N) is 2. The van der Waals surface area contributed by atoms with Crippen LogP contribution in [0.25, 0.3) is 21.8 Å². The van der Waals surface area contributed by atoms with Crippen LogP contribution in [0.3, 0.4) is 0 Å². The molecule has 34 heavy (non-hydrogen) atoms. The summed E-state index contributed by atoms with van der Waals surface area (Å²) in [6, 6.07) is 16.6. The van der Waals surface area contributed by atoms with Crippen LogP contribution < -0.4 is 15.4 Å². The van der Waals surface area contributed by atoms with Crippen LogP contribution in [0, 0.1) is 5.92 Å². The van der Waals surface area contributed by atoms with Gasteiger partial charge in [0, 0.05) is 48.1 Å². The molecule has 5 aromatic rings. The van der Waals surface area contributed by atoms with Crippen molar-refractivity contribution < 1.29 is 4.74 Å². The lowest BCUT2D eigenvalue weighted by Gasteiger charge is -2.10. The van der Waals surface area contributed by atoms with Gasteiger partial charge in [0.05, 0.1) is 6.61 Å². The fourth-order valence-electron chi connectivity index (χ4n) is 3.97. The molecule has 0 aliphatic rings. The maximum Gasteiger partial charge on any atom is 0.224 e. The van der Waals surface area contributed by atoms with Crippen molar-refractivity contribution in [3.63, 3.8) is 0 Å². The first-order valence-corrected chi connectivity index (χ1v) is 11.7. The molecule has 174 valence electrons. The monoisotopic (exact) mass is 454 g/mol. The molecule has 0 bridgehead atoms. The highest BCUT2D eigenvalue weighted by molar-refractivity contribution is 5.84. The van der Waals surface area contributed by atoms with Gasteiger partial charge in [-0.1, -0.05) is 19.9 Å². The van der Waals surface area contributed by atoms with E-state index in [2.05, 4.69) is 87.0 Å². The van der Waals surface area contributed by atoms with E-state index in [0.717, 1.165) is 42.2 Å². The molecular weight excluding hydrogens is 424 g/mol. The van der Waals surface area contributed by atoms with E-state index in [0.29, 0.717) is 18.4 Å². The Morgan fingerprint density at radius 2 is 1.88 bits per heavy atom. The number of nitrogens with one attached hydrogen (secondary N) is 4. The molecule has 0 fully saturated rings. The number of benzene rings is 2. The van der Waals surface area contributed by atoms with Crippen LogP contribution >= 0.6 is 0 Å². The first kappa shape index (κ1) is 21.8. The molecule has 3 heterocycles. The minimum absolute atomic E-state index is 0.499. The molecule has 0 amide bonds. The first-order valence-electron chi connectivity index (χ1n) is 11.7. The van der Waals surface area contributed by atoms with Gasteiger partial charge in [0.15, 0.2) is 0 Å². The Morgan fingerprint density at radius 3 is 2.79 bits per heavy atom. The summed E-state index contributed by atoms with van der Waals surface area (Å²) in [6.45, 7) is 6.46. The molecule has 0 radical (unpaired) electrons. The second kappa shape index (κ2) is 9.87. The molecule has 5 rings (SSSR count). The fraction of sp³-hybridized carbons (Fsp3) is 0.259. The summed E-state index contributed by atoms with van der Waals surface area (Å²) in [5.74, 6) is 2.82. The lowest BCUT2D eigenvalue weighted by atomic mass is 10.1. The Labute approximate surface area is 199 Å². The number of fused-ring (bicyclic) bond motifs is 2. The number of aromatic nitrogens is 4. The van der Waals surface area contributed by atoms with Crippen molar-refractivity contribution in [2.45, 2.75) is 26.8 Å². The summed E-state index contributed by atoms with van der Waals surface area (Å²) < 4.78 is 5.90. The fourth-order valence-corrected chi connectivity index (χ4v) is 3.97. The van der Waals surface area contributed by atoms with Gasteiger partial charge in [-0.15, -0.1) is 0 Å². The largest absolute Gasteiger partial charge is 0.493 e. The molecule has 0 saturated carbocycles. The minimum atomic E-state index is 0.499. The molecule has 7 heteroatoms. The third-order valence-electron chi connectivity index (χ3n) is 5.75. The Morgan fingerprint density at radius 1 is 0.971 bits per heavy atom. The van der Waals surface area contributed by atoms with Gasteiger partial charge in [-0.25, -0.2) is 4.98 Å². The number of H-pyrrole nitrogens is 2. The van der Waals surface area contributed by atoms with Crippen molar-refractivity contribution in [1.82, 2.24) is 19.9 Å². The summed E-state index contributed by atoms with van der Waals surface area (Å²) >= 11 is 0. The van der Waals surface area contributed by atoms with Crippen LogP contribution in [0.2, 0.25) is 0 Å². The molecule has 0 aliphatic heterocycles. The molecular formula is C27H30N6O. The quantitative estimate of drug-likeness (QED) is 0.216. The van der Waals surface area contributed by atoms with E-state index < -0.39 is 0 Å². The Balaban J connectivity index is 1.17. The topological polar surface area (TPSA) is 90.6 Å². The van der Waals surface area contributed by atoms with Crippen LogP contribution in [0.15, 0.2) is 67.1 Å². The second-order valence-corrected chi connectivity index (χ2v) is 8.92. The summed E-state index contributed by atoms with van der Waals surface area (Å²) in [7, 11) is 0. The zero-order valence-corrected chi connectivity index (χ0v) is 19.6. The third-order valence-corrected chi connectivity index (χ3v) is 5.75. The summed E-state index contributed by atoms with van der Waals surface area (Å²) in [5, 5.41) is 9.14. The highest BCUT2D eigenvalue weighted by Gasteiger charge is 2.07. The van der Waals surface area contributed by atoms with E-state index in [1.807, 2.05) is 18.3 Å². The van der Waals surface area contributed by atoms with Gasteiger partial charge in [-0.3, -0.25) is 0 Å². The molecule has 4 N–H and O–H groups in total. The number of anilines is 2. The van der Waals surface area contributed by atoms with Gasteiger partial charge in [0.2, 0.25) is 5.95 Å². The zero-order chi connectivity index (χ0) is 23.3. The number of ether oxygens (including phenoxy) is 1. The van der Waals surface area contributed by atoms with E-state index >= 15 is 0 Å². The highest BCUT2D eigenvalue weighted by atomic mass is 16.5. The number of hydrogen-bond donors (Lipinski definition) is 4. The van der Waals surface area contributed by atoms with Gasteiger partial charge in [0.25, 0.3) is 0 Å². The van der Waals surface area contributed by atoms with Crippen molar-refractivity contribution >= 4 is 33.6 Å². The third kappa shape index (κ3) is 5.14. The molecule has 0 aliphatic carbocycles. The van der Waals surface area contributed by atoms with E-state index in [1.165, 1.54) is 21.9 Å². The van der Waals surface area contributed by atoms with Crippen LogP contribution in [-0.2, 0) is 13.0 Å². The van der Waals surface area contributed by atoms with Gasteiger partial charge in [-0.2, -0.15) is 4.98 Å². The average Bonchev–Trinajstić information content (AvgIpc) is 3.48. The molecule has 0 unspecified atom stereocenters. The highest BCUT2D eigenvalue weighted by Crippen LogP contribution is 2.24. The van der Waals surface area contributed by atoms with Crippen LogP contribution in [0.5, 0.6) is 5.75 Å². The maximum absolute atomic E-state index is 5.90. The van der Waals surface area contributed by atoms with E-state index in [9.17, 15) is 0 Å². The summed E-state index contributed by atoms with van der Waals surface area (Å²) in [4.78, 5) is 15.6. The lowest BCUT2D eigenvalue weighted by Crippen LogP contribution is -2.09. The van der Waals surface area contributed by atoms with E-state index in [1.54, 1.807) is 6.20 Å². The standard InChI is InChI=1S/C27H30N6O/c1-18(2)17-34-22-4-6-25-23(14-22)21(16-31-25)8-11-29-27-30-12-9-26(33-27)32-15-19-3-5-24-20(13-19)7-10-28-24/h3-7,9-10,12-14,16,18,28,31H,8,11,15,17H2,1-2H3,(H2,29,30,32,33). The number of rotatable bonds is 10. The van der Waals surface area contributed by atoms with Gasteiger partial charge < -0.3 is 25.3 Å². The maximum atomic E-state index is 5.90. The predicted octanol–water partition coefficient (Wildman–Crippen LogP) is 5.74. The van der Waals surface area contributed by atoms with Gasteiger partial charge in [-0.05, 0) is 71.3 Å². The second-order valence-electron chi connectivity index (χ2n) is 8.92.